The Balaban J connectivity index is 1.27. The average Bonchev–Trinajstić information content (AvgIpc) is 3.49. The van der Waals surface area contributed by atoms with Crippen molar-refractivity contribution >= 4 is 29.2 Å². The van der Waals surface area contributed by atoms with E-state index in [1.807, 2.05) is 24.3 Å². The van der Waals surface area contributed by atoms with Crippen LogP contribution in [-0.4, -0.2) is 36.6 Å². The Bertz CT molecular complexity index is 1110. The number of amides is 3. The smallest absolute Gasteiger partial charge is 0.319 e. The summed E-state index contributed by atoms with van der Waals surface area (Å²) in [7, 11) is 1.61. The Kier molecular flexibility index (Phi) is 6.61. The molecule has 4 rings (SSSR count). The molecule has 0 atom stereocenters. The zero-order valence-electron chi connectivity index (χ0n) is 17.5. The van der Waals surface area contributed by atoms with Crippen molar-refractivity contribution in [3.63, 3.8) is 0 Å². The molecule has 166 valence electrons. The van der Waals surface area contributed by atoms with E-state index in [-0.39, 0.29) is 18.0 Å². The van der Waals surface area contributed by atoms with Gasteiger partial charge in [0.05, 0.1) is 23.4 Å². The van der Waals surface area contributed by atoms with E-state index in [0.717, 1.165) is 29.8 Å². The van der Waals surface area contributed by atoms with E-state index in [4.69, 9.17) is 20.8 Å². The fraction of sp³-hybridized carbons (Fsp3) is 0.261. The van der Waals surface area contributed by atoms with Crippen molar-refractivity contribution in [3.05, 3.63) is 65.0 Å². The van der Waals surface area contributed by atoms with Gasteiger partial charge in [0.15, 0.2) is 0 Å². The predicted molar refractivity (Wildman–Crippen MR) is 121 cm³/mol. The number of hydrogen-bond donors (Lipinski definition) is 3. The van der Waals surface area contributed by atoms with E-state index in [9.17, 15) is 9.59 Å². The molecule has 3 amide bonds. The summed E-state index contributed by atoms with van der Waals surface area (Å²) in [5.74, 6) is 1.03. The van der Waals surface area contributed by atoms with E-state index >= 15 is 0 Å². The molecule has 3 N–H and O–H groups in total. The Labute approximate surface area is 190 Å². The first-order valence-corrected chi connectivity index (χ1v) is 10.6. The number of ether oxygens (including phenoxy) is 1. The Morgan fingerprint density at radius 1 is 1.19 bits per heavy atom. The van der Waals surface area contributed by atoms with Crippen molar-refractivity contribution in [2.24, 2.45) is 0 Å². The largest absolute Gasteiger partial charge is 0.497 e. The topological polar surface area (TPSA) is 105 Å². The Morgan fingerprint density at radius 3 is 2.69 bits per heavy atom. The van der Waals surface area contributed by atoms with E-state index in [2.05, 4.69) is 20.9 Å². The third-order valence-corrected chi connectivity index (χ3v) is 5.27. The van der Waals surface area contributed by atoms with E-state index in [0.29, 0.717) is 35.1 Å². The number of nitrogens with zero attached hydrogens (tertiary/aromatic N) is 1. The summed E-state index contributed by atoms with van der Waals surface area (Å²) in [6.45, 7) is 0.364. The lowest BCUT2D eigenvalue weighted by Crippen LogP contribution is -2.31. The second-order valence-corrected chi connectivity index (χ2v) is 7.85. The third-order valence-electron chi connectivity index (χ3n) is 4.94. The second kappa shape index (κ2) is 9.74. The highest BCUT2D eigenvalue weighted by Crippen LogP contribution is 2.24. The van der Waals surface area contributed by atoms with Gasteiger partial charge in [0.1, 0.15) is 12.0 Å². The normalized spacial score (nSPS) is 12.8. The van der Waals surface area contributed by atoms with Crippen LogP contribution in [0.2, 0.25) is 5.02 Å². The fourth-order valence-corrected chi connectivity index (χ4v) is 3.24. The molecule has 0 saturated heterocycles. The van der Waals surface area contributed by atoms with Crippen molar-refractivity contribution in [1.82, 2.24) is 15.6 Å². The standard InChI is InChI=1S/C23H23ClN4O4/c1-31-18-7-2-14(3-8-18)22-27-17(13-32-22)10-11-25-23(30)28-16-6-9-20(24)19(12-16)21(29)26-15-4-5-15/h2-3,6-9,12-13,15H,4-5,10-11H2,1H3,(H,26,29)(H2,25,28,30). The van der Waals surface area contributed by atoms with Gasteiger partial charge in [0.25, 0.3) is 5.91 Å². The van der Waals surface area contributed by atoms with Crippen molar-refractivity contribution in [3.8, 4) is 17.2 Å². The molecule has 0 radical (unpaired) electrons. The molecular weight excluding hydrogens is 432 g/mol. The molecule has 0 spiro atoms. The van der Waals surface area contributed by atoms with Crippen LogP contribution in [0.15, 0.2) is 53.1 Å². The average molecular weight is 455 g/mol. The number of oxazole rings is 1. The molecule has 0 aliphatic heterocycles. The molecule has 0 unspecified atom stereocenters. The lowest BCUT2D eigenvalue weighted by atomic mass is 10.2. The van der Waals surface area contributed by atoms with Crippen molar-refractivity contribution < 1.29 is 18.7 Å². The molecule has 1 aliphatic rings. The number of nitrogens with one attached hydrogen (secondary N) is 3. The number of carbonyl (C=O) groups excluding carboxylic acids is 2. The minimum atomic E-state index is -0.389. The van der Waals surface area contributed by atoms with Gasteiger partial charge in [-0.3, -0.25) is 4.79 Å². The molecule has 32 heavy (non-hydrogen) atoms. The zero-order valence-corrected chi connectivity index (χ0v) is 18.2. The van der Waals surface area contributed by atoms with Crippen LogP contribution in [0.25, 0.3) is 11.5 Å². The number of aromatic nitrogens is 1. The summed E-state index contributed by atoms with van der Waals surface area (Å²) in [6, 6.07) is 12.0. The Morgan fingerprint density at radius 2 is 1.97 bits per heavy atom. The van der Waals surface area contributed by atoms with Gasteiger partial charge in [-0.1, -0.05) is 11.6 Å². The summed E-state index contributed by atoms with van der Waals surface area (Å²) >= 11 is 6.13. The molecule has 1 fully saturated rings. The van der Waals surface area contributed by atoms with Gasteiger partial charge in [0.2, 0.25) is 5.89 Å². The first kappa shape index (κ1) is 21.7. The number of hydrogen-bond acceptors (Lipinski definition) is 5. The molecule has 0 bridgehead atoms. The lowest BCUT2D eigenvalue weighted by Gasteiger charge is -2.10. The van der Waals surface area contributed by atoms with Crippen molar-refractivity contribution in [1.29, 1.82) is 0 Å². The number of carbonyl (C=O) groups is 2. The predicted octanol–water partition coefficient (Wildman–Crippen LogP) is 4.26. The van der Waals surface area contributed by atoms with Gasteiger partial charge < -0.3 is 25.1 Å². The second-order valence-electron chi connectivity index (χ2n) is 7.45. The number of urea groups is 1. The Hall–Kier alpha value is -3.52. The minimum Gasteiger partial charge on any atom is -0.497 e. The van der Waals surface area contributed by atoms with E-state index < -0.39 is 0 Å². The van der Waals surface area contributed by atoms with Gasteiger partial charge in [-0.25, -0.2) is 9.78 Å². The summed E-state index contributed by atoms with van der Waals surface area (Å²) in [5, 5.41) is 8.71. The zero-order chi connectivity index (χ0) is 22.5. The van der Waals surface area contributed by atoms with Crippen molar-refractivity contribution in [2.75, 3.05) is 19.0 Å². The maximum Gasteiger partial charge on any atom is 0.319 e. The van der Waals surface area contributed by atoms with Crippen LogP contribution in [0.3, 0.4) is 0 Å². The summed E-state index contributed by atoms with van der Waals surface area (Å²) in [6.07, 6.45) is 4.04. The maximum absolute atomic E-state index is 12.3. The summed E-state index contributed by atoms with van der Waals surface area (Å²) in [5.41, 5.74) is 2.38. The maximum atomic E-state index is 12.3. The van der Waals surface area contributed by atoms with Crippen LogP contribution in [0, 0.1) is 0 Å². The number of halogens is 1. The first-order valence-electron chi connectivity index (χ1n) is 10.3. The highest BCUT2D eigenvalue weighted by Gasteiger charge is 2.24. The molecule has 1 saturated carbocycles. The summed E-state index contributed by atoms with van der Waals surface area (Å²) in [4.78, 5) is 29.0. The van der Waals surface area contributed by atoms with E-state index in [1.54, 1.807) is 31.6 Å². The van der Waals surface area contributed by atoms with Crippen LogP contribution >= 0.6 is 11.6 Å². The van der Waals surface area contributed by atoms with Gasteiger partial charge in [-0.05, 0) is 55.3 Å². The number of methoxy groups -OCH3 is 1. The highest BCUT2D eigenvalue weighted by atomic mass is 35.5. The monoisotopic (exact) mass is 454 g/mol. The molecule has 3 aromatic rings. The fourth-order valence-electron chi connectivity index (χ4n) is 3.04. The van der Waals surface area contributed by atoms with Crippen LogP contribution in [-0.2, 0) is 6.42 Å². The SMILES string of the molecule is COc1ccc(-c2nc(CCNC(=O)Nc3ccc(Cl)c(C(=O)NC4CC4)c3)co2)cc1. The quantitative estimate of drug-likeness (QED) is 0.471. The van der Waals surface area contributed by atoms with Crippen LogP contribution in [0.1, 0.15) is 28.9 Å². The molecule has 2 aromatic carbocycles. The molecule has 9 heteroatoms. The first-order chi connectivity index (χ1) is 15.5. The van der Waals surface area contributed by atoms with E-state index in [1.165, 1.54) is 0 Å². The molecule has 1 aliphatic carbocycles. The van der Waals surface area contributed by atoms with Crippen LogP contribution in [0.4, 0.5) is 10.5 Å². The van der Waals surface area contributed by atoms with Gasteiger partial charge >= 0.3 is 6.03 Å². The van der Waals surface area contributed by atoms with Gasteiger partial charge in [0, 0.05) is 30.3 Å². The highest BCUT2D eigenvalue weighted by molar-refractivity contribution is 6.34. The van der Waals surface area contributed by atoms with Gasteiger partial charge in [-0.15, -0.1) is 0 Å². The van der Waals surface area contributed by atoms with Crippen molar-refractivity contribution in [2.45, 2.75) is 25.3 Å². The minimum absolute atomic E-state index is 0.222. The molecule has 8 nitrogen and oxygen atoms in total. The summed E-state index contributed by atoms with van der Waals surface area (Å²) < 4.78 is 10.7. The number of benzene rings is 2. The van der Waals surface area contributed by atoms with Crippen LogP contribution in [0.5, 0.6) is 5.75 Å². The van der Waals surface area contributed by atoms with Crippen LogP contribution < -0.4 is 20.7 Å². The number of rotatable bonds is 8. The third kappa shape index (κ3) is 5.59. The molecule has 1 aromatic heterocycles. The molecule has 1 heterocycles. The lowest BCUT2D eigenvalue weighted by molar-refractivity contribution is 0.0951. The molecular formula is C23H23ClN4O4. The van der Waals surface area contributed by atoms with Gasteiger partial charge in [-0.2, -0.15) is 0 Å². The number of anilines is 1.